The molecule has 7 heteroatoms. The Morgan fingerprint density at radius 3 is 2.53 bits per heavy atom. The molecule has 0 atom stereocenters. The van der Waals surface area contributed by atoms with E-state index in [1.807, 2.05) is 48.5 Å². The van der Waals surface area contributed by atoms with Crippen molar-refractivity contribution in [3.8, 4) is 27.8 Å². The predicted octanol–water partition coefficient (Wildman–Crippen LogP) is 5.25. The summed E-state index contributed by atoms with van der Waals surface area (Å²) in [6.45, 7) is 0.464. The summed E-state index contributed by atoms with van der Waals surface area (Å²) in [7, 11) is 1.61. The molecule has 1 aromatic heterocycles. The third-order valence-electron chi connectivity index (χ3n) is 4.28. The van der Waals surface area contributed by atoms with Crippen molar-refractivity contribution in [2.24, 2.45) is 4.99 Å². The molecule has 0 fully saturated rings. The van der Waals surface area contributed by atoms with Gasteiger partial charge in [0.1, 0.15) is 17.4 Å². The van der Waals surface area contributed by atoms with Gasteiger partial charge in [0.2, 0.25) is 5.13 Å². The Hall–Kier alpha value is -3.71. The number of rotatable bonds is 7. The SMILES string of the molecule is COc1cc(-c2nnc(N=Cc3ccc(O)cc3)s2)ccc1OCc1ccccc1. The van der Waals surface area contributed by atoms with Crippen molar-refractivity contribution in [2.75, 3.05) is 7.11 Å². The lowest BCUT2D eigenvalue weighted by molar-refractivity contribution is 0.284. The van der Waals surface area contributed by atoms with Crippen molar-refractivity contribution < 1.29 is 14.6 Å². The number of benzene rings is 3. The van der Waals surface area contributed by atoms with Gasteiger partial charge in [0, 0.05) is 11.8 Å². The molecule has 150 valence electrons. The van der Waals surface area contributed by atoms with E-state index in [1.165, 1.54) is 11.3 Å². The largest absolute Gasteiger partial charge is 0.508 e. The third-order valence-corrected chi connectivity index (χ3v) is 5.16. The highest BCUT2D eigenvalue weighted by Gasteiger charge is 2.11. The summed E-state index contributed by atoms with van der Waals surface area (Å²) in [5.74, 6) is 1.52. The van der Waals surface area contributed by atoms with Crippen LogP contribution in [0.15, 0.2) is 77.8 Å². The van der Waals surface area contributed by atoms with E-state index < -0.39 is 0 Å². The fourth-order valence-corrected chi connectivity index (χ4v) is 3.42. The monoisotopic (exact) mass is 417 g/mol. The summed E-state index contributed by atoms with van der Waals surface area (Å²) < 4.78 is 11.4. The minimum atomic E-state index is 0.218. The fraction of sp³-hybridized carbons (Fsp3) is 0.0870. The topological polar surface area (TPSA) is 76.8 Å². The van der Waals surface area contributed by atoms with Gasteiger partial charge in [-0.2, -0.15) is 0 Å². The van der Waals surface area contributed by atoms with Gasteiger partial charge in [-0.05, 0) is 53.6 Å². The van der Waals surface area contributed by atoms with Crippen molar-refractivity contribution in [1.29, 1.82) is 0 Å². The van der Waals surface area contributed by atoms with Gasteiger partial charge >= 0.3 is 0 Å². The number of hydrogen-bond acceptors (Lipinski definition) is 7. The maximum Gasteiger partial charge on any atom is 0.231 e. The van der Waals surface area contributed by atoms with Gasteiger partial charge in [-0.25, -0.2) is 4.99 Å². The molecule has 4 aromatic rings. The molecular formula is C23H19N3O3S. The van der Waals surface area contributed by atoms with Crippen LogP contribution in [-0.2, 0) is 6.61 Å². The Kier molecular flexibility index (Phi) is 6.01. The zero-order valence-corrected chi connectivity index (χ0v) is 17.0. The van der Waals surface area contributed by atoms with E-state index in [0.717, 1.165) is 21.7 Å². The smallest absolute Gasteiger partial charge is 0.231 e. The fourth-order valence-electron chi connectivity index (χ4n) is 2.73. The molecule has 6 nitrogen and oxygen atoms in total. The van der Waals surface area contributed by atoms with Gasteiger partial charge in [-0.15, -0.1) is 10.2 Å². The molecule has 0 radical (unpaired) electrons. The Morgan fingerprint density at radius 1 is 0.967 bits per heavy atom. The van der Waals surface area contributed by atoms with Gasteiger partial charge < -0.3 is 14.6 Å². The summed E-state index contributed by atoms with van der Waals surface area (Å²) in [6, 6.07) is 22.4. The van der Waals surface area contributed by atoms with Crippen LogP contribution in [-0.4, -0.2) is 28.6 Å². The number of phenolic OH excluding ortho intramolecular Hbond substituents is 1. The number of nitrogens with zero attached hydrogens (tertiary/aromatic N) is 3. The first-order valence-electron chi connectivity index (χ1n) is 9.23. The highest BCUT2D eigenvalue weighted by Crippen LogP contribution is 2.35. The first-order chi connectivity index (χ1) is 14.7. The van der Waals surface area contributed by atoms with Crippen molar-refractivity contribution in [1.82, 2.24) is 10.2 Å². The van der Waals surface area contributed by atoms with Crippen LogP contribution in [0.25, 0.3) is 10.6 Å². The number of methoxy groups -OCH3 is 1. The maximum atomic E-state index is 9.34. The van der Waals surface area contributed by atoms with Crippen LogP contribution in [0.4, 0.5) is 5.13 Å². The molecule has 0 saturated carbocycles. The van der Waals surface area contributed by atoms with E-state index in [0.29, 0.717) is 23.2 Å². The van der Waals surface area contributed by atoms with Crippen LogP contribution < -0.4 is 9.47 Å². The van der Waals surface area contributed by atoms with Gasteiger partial charge in [0.15, 0.2) is 11.5 Å². The molecule has 0 aliphatic heterocycles. The minimum Gasteiger partial charge on any atom is -0.508 e. The molecule has 30 heavy (non-hydrogen) atoms. The molecule has 3 aromatic carbocycles. The number of aromatic hydroxyl groups is 1. The normalized spacial score (nSPS) is 11.0. The average Bonchev–Trinajstić information content (AvgIpc) is 3.27. The molecule has 0 unspecified atom stereocenters. The van der Waals surface area contributed by atoms with E-state index in [-0.39, 0.29) is 5.75 Å². The van der Waals surface area contributed by atoms with E-state index in [9.17, 15) is 5.11 Å². The van der Waals surface area contributed by atoms with Gasteiger partial charge in [0.05, 0.1) is 7.11 Å². The predicted molar refractivity (Wildman–Crippen MR) is 118 cm³/mol. The highest BCUT2D eigenvalue weighted by molar-refractivity contribution is 7.18. The van der Waals surface area contributed by atoms with Crippen molar-refractivity contribution in [3.63, 3.8) is 0 Å². The average molecular weight is 417 g/mol. The van der Waals surface area contributed by atoms with Crippen LogP contribution in [0.2, 0.25) is 0 Å². The van der Waals surface area contributed by atoms with Crippen molar-refractivity contribution in [3.05, 3.63) is 83.9 Å². The Balaban J connectivity index is 1.48. The summed E-state index contributed by atoms with van der Waals surface area (Å²) in [4.78, 5) is 4.36. The second-order valence-corrected chi connectivity index (χ2v) is 7.34. The highest BCUT2D eigenvalue weighted by atomic mass is 32.1. The van der Waals surface area contributed by atoms with Crippen LogP contribution in [0.1, 0.15) is 11.1 Å². The first-order valence-corrected chi connectivity index (χ1v) is 10.0. The Bertz CT molecular complexity index is 1140. The molecule has 1 heterocycles. The van der Waals surface area contributed by atoms with E-state index in [2.05, 4.69) is 15.2 Å². The summed E-state index contributed by atoms with van der Waals surface area (Å²) in [5.41, 5.74) is 2.83. The molecule has 0 saturated heterocycles. The molecule has 4 rings (SSSR count). The summed E-state index contributed by atoms with van der Waals surface area (Å²) in [6.07, 6.45) is 1.69. The lowest BCUT2D eigenvalue weighted by Gasteiger charge is -2.11. The molecule has 1 N–H and O–H groups in total. The van der Waals surface area contributed by atoms with Crippen LogP contribution in [0.3, 0.4) is 0 Å². The number of ether oxygens (including phenoxy) is 2. The molecule has 0 aliphatic rings. The standard InChI is InChI=1S/C23H19N3O3S/c1-28-21-13-18(9-12-20(21)29-15-17-5-3-2-4-6-17)22-25-26-23(30-22)24-14-16-7-10-19(27)11-8-16/h2-14,27H,15H2,1H3. The Labute approximate surface area is 178 Å². The number of hydrogen-bond donors (Lipinski definition) is 1. The van der Waals surface area contributed by atoms with E-state index in [4.69, 9.17) is 9.47 Å². The van der Waals surface area contributed by atoms with Crippen LogP contribution in [0.5, 0.6) is 17.2 Å². The number of aromatic nitrogens is 2. The summed E-state index contributed by atoms with van der Waals surface area (Å²) in [5, 5.41) is 19.0. The molecular weight excluding hydrogens is 398 g/mol. The second-order valence-electron chi connectivity index (χ2n) is 6.38. The third kappa shape index (κ3) is 4.82. The number of aliphatic imine (C=N–C) groups is 1. The lowest BCUT2D eigenvalue weighted by atomic mass is 10.2. The second kappa shape index (κ2) is 9.19. The zero-order valence-electron chi connectivity index (χ0n) is 16.2. The zero-order chi connectivity index (χ0) is 20.8. The molecule has 0 aliphatic carbocycles. The molecule has 0 amide bonds. The van der Waals surface area contributed by atoms with Crippen LogP contribution in [0, 0.1) is 0 Å². The van der Waals surface area contributed by atoms with E-state index >= 15 is 0 Å². The first kappa shape index (κ1) is 19.6. The Morgan fingerprint density at radius 2 is 1.77 bits per heavy atom. The molecule has 0 bridgehead atoms. The van der Waals surface area contributed by atoms with E-state index in [1.54, 1.807) is 37.6 Å². The quantitative estimate of drug-likeness (QED) is 0.416. The van der Waals surface area contributed by atoms with Crippen molar-refractivity contribution >= 4 is 22.7 Å². The van der Waals surface area contributed by atoms with Gasteiger partial charge in [0.25, 0.3) is 0 Å². The van der Waals surface area contributed by atoms with Gasteiger partial charge in [-0.3, -0.25) is 0 Å². The molecule has 0 spiro atoms. The maximum absolute atomic E-state index is 9.34. The lowest BCUT2D eigenvalue weighted by Crippen LogP contribution is -1.97. The van der Waals surface area contributed by atoms with Crippen LogP contribution >= 0.6 is 11.3 Å². The summed E-state index contributed by atoms with van der Waals surface area (Å²) >= 11 is 1.38. The van der Waals surface area contributed by atoms with Gasteiger partial charge in [-0.1, -0.05) is 41.7 Å². The number of phenols is 1. The minimum absolute atomic E-state index is 0.218. The van der Waals surface area contributed by atoms with Crippen molar-refractivity contribution in [2.45, 2.75) is 6.61 Å².